The van der Waals surface area contributed by atoms with Gasteiger partial charge in [0, 0.05) is 23.7 Å². The van der Waals surface area contributed by atoms with Gasteiger partial charge in [-0.25, -0.2) is 9.38 Å². The molecule has 1 fully saturated rings. The summed E-state index contributed by atoms with van der Waals surface area (Å²) in [5.41, 5.74) is 1.98. The fourth-order valence-electron chi connectivity index (χ4n) is 3.97. The van der Waals surface area contributed by atoms with E-state index in [9.17, 15) is 14.0 Å². The number of carbonyl (C=O) groups is 2. The van der Waals surface area contributed by atoms with E-state index in [0.717, 1.165) is 5.56 Å². The molecule has 3 aromatic rings. The molecule has 3 aromatic carbocycles. The van der Waals surface area contributed by atoms with Crippen molar-refractivity contribution < 1.29 is 23.5 Å². The van der Waals surface area contributed by atoms with Gasteiger partial charge in [0.1, 0.15) is 11.1 Å². The molecule has 1 heterocycles. The van der Waals surface area contributed by atoms with Crippen LogP contribution in [0.15, 0.2) is 71.7 Å². The van der Waals surface area contributed by atoms with Crippen LogP contribution in [0.5, 0.6) is 11.5 Å². The van der Waals surface area contributed by atoms with Gasteiger partial charge in [0.25, 0.3) is 0 Å². The van der Waals surface area contributed by atoms with Crippen LogP contribution in [0.4, 0.5) is 15.8 Å². The van der Waals surface area contributed by atoms with E-state index in [0.29, 0.717) is 59.2 Å². The molecular weight excluding hydrogens is 541 g/mol. The summed E-state index contributed by atoms with van der Waals surface area (Å²) in [4.78, 5) is 32.6. The number of aliphatic imine (C=N–C) groups is 1. The third-order valence-electron chi connectivity index (χ3n) is 5.81. The Balaban J connectivity index is 1.55. The minimum Gasteiger partial charge on any atom is -0.490 e. The number of nitrogens with one attached hydrogen (secondary N) is 1. The molecule has 2 amide bonds. The summed E-state index contributed by atoms with van der Waals surface area (Å²) >= 11 is 7.24. The van der Waals surface area contributed by atoms with Crippen molar-refractivity contribution in [2.45, 2.75) is 31.9 Å². The Morgan fingerprint density at radius 3 is 2.54 bits per heavy atom. The molecule has 0 aromatic heterocycles. The van der Waals surface area contributed by atoms with Gasteiger partial charge in [-0.05, 0) is 80.4 Å². The van der Waals surface area contributed by atoms with Crippen LogP contribution in [-0.2, 0) is 16.0 Å². The Hall–Kier alpha value is -3.56. The maximum atomic E-state index is 13.5. The SMILES string of the molecule is CCOc1ccc(CCN2C(=O)CC(C(=O)Nc3cccc(Cl)c3)SC2=Nc2ccc(F)cc2)cc1OCC. The maximum absolute atomic E-state index is 13.5. The minimum atomic E-state index is -0.693. The molecule has 39 heavy (non-hydrogen) atoms. The number of hydrogen-bond acceptors (Lipinski definition) is 6. The topological polar surface area (TPSA) is 80.2 Å². The number of hydrogen-bond donors (Lipinski definition) is 1. The second-order valence-electron chi connectivity index (χ2n) is 8.62. The number of benzene rings is 3. The van der Waals surface area contributed by atoms with Crippen LogP contribution in [0.1, 0.15) is 25.8 Å². The molecule has 1 aliphatic rings. The zero-order chi connectivity index (χ0) is 27.8. The van der Waals surface area contributed by atoms with Gasteiger partial charge in [0.05, 0.1) is 18.9 Å². The van der Waals surface area contributed by atoms with Gasteiger partial charge < -0.3 is 14.8 Å². The molecule has 1 N–H and O–H groups in total. The van der Waals surface area contributed by atoms with E-state index in [4.69, 9.17) is 21.1 Å². The highest BCUT2D eigenvalue weighted by molar-refractivity contribution is 8.15. The van der Waals surface area contributed by atoms with Crippen molar-refractivity contribution in [3.05, 3.63) is 83.1 Å². The van der Waals surface area contributed by atoms with Crippen molar-refractivity contribution in [2.75, 3.05) is 25.1 Å². The molecule has 1 unspecified atom stereocenters. The minimum absolute atomic E-state index is 0.00692. The Bertz CT molecular complexity index is 1350. The van der Waals surface area contributed by atoms with Gasteiger partial charge in [-0.15, -0.1) is 0 Å². The van der Waals surface area contributed by atoms with Crippen molar-refractivity contribution in [1.82, 2.24) is 4.90 Å². The lowest BCUT2D eigenvalue weighted by Gasteiger charge is -2.32. The van der Waals surface area contributed by atoms with Crippen LogP contribution in [0.25, 0.3) is 0 Å². The van der Waals surface area contributed by atoms with Crippen molar-refractivity contribution in [3.8, 4) is 11.5 Å². The molecule has 7 nitrogen and oxygen atoms in total. The number of ether oxygens (including phenoxy) is 2. The molecule has 0 radical (unpaired) electrons. The average molecular weight is 570 g/mol. The summed E-state index contributed by atoms with van der Waals surface area (Å²) in [6.07, 6.45) is 0.535. The highest BCUT2D eigenvalue weighted by Crippen LogP contribution is 2.32. The first kappa shape index (κ1) is 28.4. The average Bonchev–Trinajstić information content (AvgIpc) is 2.91. The number of thioether (sulfide) groups is 1. The Labute approximate surface area is 236 Å². The quantitative estimate of drug-likeness (QED) is 0.302. The summed E-state index contributed by atoms with van der Waals surface area (Å²) in [6, 6.07) is 18.2. The van der Waals surface area contributed by atoms with E-state index in [1.165, 1.54) is 36.0 Å². The lowest BCUT2D eigenvalue weighted by molar-refractivity contribution is -0.129. The van der Waals surface area contributed by atoms with Gasteiger partial charge in [-0.1, -0.05) is 35.5 Å². The second-order valence-corrected chi connectivity index (χ2v) is 10.2. The first-order chi connectivity index (χ1) is 18.9. The normalized spacial score (nSPS) is 16.3. The maximum Gasteiger partial charge on any atom is 0.238 e. The lowest BCUT2D eigenvalue weighted by atomic mass is 10.1. The molecule has 0 aliphatic carbocycles. The van der Waals surface area contributed by atoms with E-state index in [1.807, 2.05) is 32.0 Å². The van der Waals surface area contributed by atoms with Gasteiger partial charge >= 0.3 is 0 Å². The number of rotatable bonds is 10. The van der Waals surface area contributed by atoms with E-state index >= 15 is 0 Å². The summed E-state index contributed by atoms with van der Waals surface area (Å²) < 4.78 is 24.9. The van der Waals surface area contributed by atoms with Crippen LogP contribution >= 0.6 is 23.4 Å². The predicted molar refractivity (Wildman–Crippen MR) is 154 cm³/mol. The van der Waals surface area contributed by atoms with Crippen LogP contribution in [-0.4, -0.2) is 46.9 Å². The first-order valence-electron chi connectivity index (χ1n) is 12.6. The number of halogens is 2. The summed E-state index contributed by atoms with van der Waals surface area (Å²) in [5, 5.41) is 3.00. The van der Waals surface area contributed by atoms with Gasteiger partial charge in [0.15, 0.2) is 16.7 Å². The van der Waals surface area contributed by atoms with Gasteiger partial charge in [-0.2, -0.15) is 0 Å². The molecule has 0 spiro atoms. The Kier molecular flexibility index (Phi) is 9.84. The van der Waals surface area contributed by atoms with Crippen LogP contribution < -0.4 is 14.8 Å². The molecule has 1 saturated heterocycles. The van der Waals surface area contributed by atoms with Crippen molar-refractivity contribution in [2.24, 2.45) is 4.99 Å². The molecule has 0 bridgehead atoms. The van der Waals surface area contributed by atoms with Crippen LogP contribution in [0.2, 0.25) is 5.02 Å². The standard InChI is InChI=1S/C29H29ClFN3O4S/c1-3-37-24-13-8-19(16-25(24)38-4-2)14-15-34-27(35)18-26(28(36)32-23-7-5-6-20(30)17-23)39-29(34)33-22-11-9-21(31)10-12-22/h5-13,16-17,26H,3-4,14-15,18H2,1-2H3,(H,32,36). The molecular formula is C29H29ClFN3O4S. The smallest absolute Gasteiger partial charge is 0.238 e. The summed E-state index contributed by atoms with van der Waals surface area (Å²) in [7, 11) is 0. The van der Waals surface area contributed by atoms with E-state index in [2.05, 4.69) is 10.3 Å². The molecule has 10 heteroatoms. The largest absolute Gasteiger partial charge is 0.490 e. The Morgan fingerprint density at radius 2 is 1.82 bits per heavy atom. The zero-order valence-electron chi connectivity index (χ0n) is 21.7. The van der Waals surface area contributed by atoms with Gasteiger partial charge in [0.2, 0.25) is 11.8 Å². The second kappa shape index (κ2) is 13.5. The van der Waals surface area contributed by atoms with Crippen molar-refractivity contribution >= 4 is 51.7 Å². The van der Waals surface area contributed by atoms with E-state index < -0.39 is 5.25 Å². The number of amides is 2. The monoisotopic (exact) mass is 569 g/mol. The third kappa shape index (κ3) is 7.74. The van der Waals surface area contributed by atoms with Crippen molar-refractivity contribution in [1.29, 1.82) is 0 Å². The summed E-state index contributed by atoms with van der Waals surface area (Å²) in [6.45, 7) is 5.18. The number of nitrogens with zero attached hydrogens (tertiary/aromatic N) is 2. The number of anilines is 1. The van der Waals surface area contributed by atoms with Crippen molar-refractivity contribution in [3.63, 3.8) is 0 Å². The molecule has 1 atom stereocenters. The van der Waals surface area contributed by atoms with E-state index in [-0.39, 0.29) is 24.1 Å². The van der Waals surface area contributed by atoms with E-state index in [1.54, 1.807) is 29.2 Å². The fraction of sp³-hybridized carbons (Fsp3) is 0.276. The lowest BCUT2D eigenvalue weighted by Crippen LogP contribution is -2.46. The first-order valence-corrected chi connectivity index (χ1v) is 13.9. The number of amidine groups is 1. The third-order valence-corrected chi connectivity index (χ3v) is 7.23. The van der Waals surface area contributed by atoms with Crippen LogP contribution in [0.3, 0.4) is 0 Å². The zero-order valence-corrected chi connectivity index (χ0v) is 23.2. The number of carbonyl (C=O) groups excluding carboxylic acids is 2. The van der Waals surface area contributed by atoms with Gasteiger partial charge in [-0.3, -0.25) is 14.5 Å². The highest BCUT2D eigenvalue weighted by Gasteiger charge is 2.36. The molecule has 4 rings (SSSR count). The molecule has 0 saturated carbocycles. The van der Waals surface area contributed by atoms with Crippen LogP contribution in [0, 0.1) is 5.82 Å². The predicted octanol–water partition coefficient (Wildman–Crippen LogP) is 6.48. The summed E-state index contributed by atoms with van der Waals surface area (Å²) in [5.74, 6) is 0.378. The Morgan fingerprint density at radius 1 is 1.08 bits per heavy atom. The molecule has 204 valence electrons. The highest BCUT2D eigenvalue weighted by atomic mass is 35.5. The fourth-order valence-corrected chi connectivity index (χ4v) is 5.28. The molecule has 1 aliphatic heterocycles.